The summed E-state index contributed by atoms with van der Waals surface area (Å²) in [6.45, 7) is -0.408. The number of anilines is 1. The summed E-state index contributed by atoms with van der Waals surface area (Å²) in [6.07, 6.45) is 2.93. The Morgan fingerprint density at radius 2 is 1.97 bits per heavy atom. The Kier molecular flexibility index (Phi) is 5.31. The van der Waals surface area contributed by atoms with Crippen molar-refractivity contribution in [3.63, 3.8) is 0 Å². The molecule has 0 aliphatic heterocycles. The topological polar surface area (TPSA) is 77.8 Å². The summed E-state index contributed by atoms with van der Waals surface area (Å²) in [4.78, 5) is 24.9. The molecule has 146 valence electrons. The standard InChI is InChI=1S/C22H17NO5S/c1-26-20-11-16-15-6-2-3-7-18(15)28-19(16)12-17(20)23-21(24)13-27-22(25)9-8-14-5-4-10-29-14/h2-12H,13H2,1H3,(H,23,24)/b9-8+. The minimum atomic E-state index is -0.590. The maximum absolute atomic E-state index is 12.2. The van der Waals surface area contributed by atoms with Crippen molar-refractivity contribution < 1.29 is 23.5 Å². The predicted molar refractivity (Wildman–Crippen MR) is 113 cm³/mol. The molecule has 7 heteroatoms. The summed E-state index contributed by atoms with van der Waals surface area (Å²) in [6, 6.07) is 14.9. The van der Waals surface area contributed by atoms with E-state index in [0.717, 1.165) is 21.2 Å². The molecule has 0 atom stereocenters. The Labute approximate surface area is 170 Å². The first-order valence-corrected chi connectivity index (χ1v) is 9.69. The van der Waals surface area contributed by atoms with Crippen LogP contribution in [0.25, 0.3) is 28.0 Å². The van der Waals surface area contributed by atoms with Gasteiger partial charge in [0.2, 0.25) is 0 Å². The second-order valence-electron chi connectivity index (χ2n) is 6.15. The average molecular weight is 407 g/mol. The number of amides is 1. The molecule has 2 aromatic heterocycles. The molecular weight excluding hydrogens is 390 g/mol. The van der Waals surface area contributed by atoms with Crippen molar-refractivity contribution in [3.8, 4) is 5.75 Å². The molecule has 1 N–H and O–H groups in total. The van der Waals surface area contributed by atoms with Gasteiger partial charge in [0.25, 0.3) is 5.91 Å². The van der Waals surface area contributed by atoms with Gasteiger partial charge in [-0.2, -0.15) is 0 Å². The number of carbonyl (C=O) groups excluding carboxylic acids is 2. The van der Waals surface area contributed by atoms with Crippen LogP contribution >= 0.6 is 11.3 Å². The third-order valence-electron chi connectivity index (χ3n) is 4.25. The lowest BCUT2D eigenvalue weighted by Crippen LogP contribution is -2.20. The van der Waals surface area contributed by atoms with Crippen LogP contribution in [-0.4, -0.2) is 25.6 Å². The van der Waals surface area contributed by atoms with Crippen LogP contribution in [0.2, 0.25) is 0 Å². The normalized spacial score (nSPS) is 11.2. The first-order chi connectivity index (χ1) is 14.1. The van der Waals surface area contributed by atoms with Gasteiger partial charge >= 0.3 is 5.97 Å². The lowest BCUT2D eigenvalue weighted by atomic mass is 10.1. The largest absolute Gasteiger partial charge is 0.495 e. The summed E-state index contributed by atoms with van der Waals surface area (Å²) in [5.41, 5.74) is 1.81. The summed E-state index contributed by atoms with van der Waals surface area (Å²) >= 11 is 1.50. The molecule has 4 aromatic rings. The van der Waals surface area contributed by atoms with Gasteiger partial charge in [-0.15, -0.1) is 11.3 Å². The molecule has 0 aliphatic rings. The SMILES string of the molecule is COc1cc2c(cc1NC(=O)COC(=O)/C=C/c1cccs1)oc1ccccc12. The number of hydrogen-bond donors (Lipinski definition) is 1. The lowest BCUT2D eigenvalue weighted by molar-refractivity contribution is -0.142. The maximum atomic E-state index is 12.2. The van der Waals surface area contributed by atoms with E-state index in [4.69, 9.17) is 13.9 Å². The molecule has 0 bridgehead atoms. The van der Waals surface area contributed by atoms with Crippen molar-refractivity contribution in [1.29, 1.82) is 0 Å². The summed E-state index contributed by atoms with van der Waals surface area (Å²) < 4.78 is 16.2. The molecule has 6 nitrogen and oxygen atoms in total. The van der Waals surface area contributed by atoms with Gasteiger partial charge in [0, 0.05) is 27.8 Å². The number of fused-ring (bicyclic) bond motifs is 3. The third kappa shape index (κ3) is 4.14. The fourth-order valence-electron chi connectivity index (χ4n) is 2.93. The van der Waals surface area contributed by atoms with Crippen LogP contribution in [0, 0.1) is 0 Å². The zero-order valence-corrected chi connectivity index (χ0v) is 16.3. The average Bonchev–Trinajstić information content (AvgIpc) is 3.37. The molecule has 29 heavy (non-hydrogen) atoms. The zero-order valence-electron chi connectivity index (χ0n) is 15.5. The number of rotatable bonds is 6. The van der Waals surface area contributed by atoms with E-state index in [1.54, 1.807) is 12.1 Å². The Morgan fingerprint density at radius 3 is 2.76 bits per heavy atom. The van der Waals surface area contributed by atoms with Gasteiger partial charge in [0.05, 0.1) is 12.8 Å². The van der Waals surface area contributed by atoms with Crippen molar-refractivity contribution >= 4 is 56.9 Å². The number of thiophene rings is 1. The number of carbonyl (C=O) groups is 2. The van der Waals surface area contributed by atoms with E-state index in [-0.39, 0.29) is 0 Å². The fraction of sp³-hybridized carbons (Fsp3) is 0.0909. The van der Waals surface area contributed by atoms with Crippen LogP contribution in [0.4, 0.5) is 5.69 Å². The lowest BCUT2D eigenvalue weighted by Gasteiger charge is -2.10. The Balaban J connectivity index is 1.45. The van der Waals surface area contributed by atoms with Crippen molar-refractivity contribution in [1.82, 2.24) is 0 Å². The van der Waals surface area contributed by atoms with Gasteiger partial charge in [-0.3, -0.25) is 4.79 Å². The van der Waals surface area contributed by atoms with E-state index in [1.807, 2.05) is 47.8 Å². The predicted octanol–water partition coefficient (Wildman–Crippen LogP) is 4.85. The van der Waals surface area contributed by atoms with Gasteiger partial charge in [-0.1, -0.05) is 24.3 Å². The molecule has 0 saturated carbocycles. The van der Waals surface area contributed by atoms with E-state index >= 15 is 0 Å². The van der Waals surface area contributed by atoms with Gasteiger partial charge in [0.15, 0.2) is 6.61 Å². The first kappa shape index (κ1) is 18.8. The molecule has 0 spiro atoms. The van der Waals surface area contributed by atoms with Gasteiger partial charge in [-0.05, 0) is 29.7 Å². The van der Waals surface area contributed by atoms with Crippen LogP contribution in [0.5, 0.6) is 5.75 Å². The van der Waals surface area contributed by atoms with E-state index in [2.05, 4.69) is 5.32 Å². The quantitative estimate of drug-likeness (QED) is 0.365. The summed E-state index contributed by atoms with van der Waals surface area (Å²) in [7, 11) is 1.52. The number of para-hydroxylation sites is 1. The molecule has 1 amide bonds. The van der Waals surface area contributed by atoms with Crippen molar-refractivity contribution in [3.05, 3.63) is 64.9 Å². The highest BCUT2D eigenvalue weighted by Gasteiger charge is 2.14. The summed E-state index contributed by atoms with van der Waals surface area (Å²) in [5, 5.41) is 6.46. The van der Waals surface area contributed by atoms with E-state index in [0.29, 0.717) is 17.0 Å². The molecule has 0 aliphatic carbocycles. The van der Waals surface area contributed by atoms with Gasteiger partial charge < -0.3 is 19.2 Å². The molecule has 4 rings (SSSR count). The van der Waals surface area contributed by atoms with E-state index in [1.165, 1.54) is 24.5 Å². The fourth-order valence-corrected chi connectivity index (χ4v) is 3.54. The van der Waals surface area contributed by atoms with Crippen LogP contribution < -0.4 is 10.1 Å². The van der Waals surface area contributed by atoms with Crippen LogP contribution in [0.1, 0.15) is 4.88 Å². The highest BCUT2D eigenvalue weighted by atomic mass is 32.1. The molecule has 0 radical (unpaired) electrons. The Bertz CT molecular complexity index is 1210. The Morgan fingerprint density at radius 1 is 1.10 bits per heavy atom. The zero-order chi connectivity index (χ0) is 20.2. The molecule has 0 fully saturated rings. The minimum Gasteiger partial charge on any atom is -0.495 e. The molecule has 2 aromatic carbocycles. The van der Waals surface area contributed by atoms with Crippen molar-refractivity contribution in [2.45, 2.75) is 0 Å². The van der Waals surface area contributed by atoms with Gasteiger partial charge in [0.1, 0.15) is 16.9 Å². The van der Waals surface area contributed by atoms with E-state index in [9.17, 15) is 9.59 Å². The Hall–Kier alpha value is -3.58. The highest BCUT2D eigenvalue weighted by molar-refractivity contribution is 7.10. The number of nitrogens with one attached hydrogen (secondary N) is 1. The van der Waals surface area contributed by atoms with Gasteiger partial charge in [-0.25, -0.2) is 4.79 Å². The van der Waals surface area contributed by atoms with Crippen molar-refractivity contribution in [2.24, 2.45) is 0 Å². The smallest absolute Gasteiger partial charge is 0.331 e. The minimum absolute atomic E-state index is 0.408. The molecule has 2 heterocycles. The first-order valence-electron chi connectivity index (χ1n) is 8.81. The number of ether oxygens (including phenoxy) is 2. The van der Waals surface area contributed by atoms with Crippen LogP contribution in [-0.2, 0) is 14.3 Å². The third-order valence-corrected chi connectivity index (χ3v) is 5.08. The molecule has 0 unspecified atom stereocenters. The van der Waals surface area contributed by atoms with Crippen molar-refractivity contribution in [2.75, 3.05) is 19.0 Å². The number of furan rings is 1. The van der Waals surface area contributed by atoms with E-state index < -0.39 is 18.5 Å². The number of methoxy groups -OCH3 is 1. The highest BCUT2D eigenvalue weighted by Crippen LogP contribution is 2.36. The number of benzene rings is 2. The van der Waals surface area contributed by atoms with Crippen LogP contribution in [0.3, 0.4) is 0 Å². The second-order valence-corrected chi connectivity index (χ2v) is 7.13. The number of esters is 1. The maximum Gasteiger partial charge on any atom is 0.331 e. The molecule has 0 saturated heterocycles. The second kappa shape index (κ2) is 8.20. The molecular formula is C22H17NO5S. The number of hydrogen-bond acceptors (Lipinski definition) is 6. The van der Waals surface area contributed by atoms with Crippen LogP contribution in [0.15, 0.2) is 64.4 Å². The monoisotopic (exact) mass is 407 g/mol. The summed E-state index contributed by atoms with van der Waals surface area (Å²) in [5.74, 6) is -0.578.